The van der Waals surface area contributed by atoms with Gasteiger partial charge in [-0.05, 0) is 6.42 Å². The second kappa shape index (κ2) is 11.1. The lowest BCUT2D eigenvalue weighted by molar-refractivity contribution is -0.138. The van der Waals surface area contributed by atoms with E-state index >= 15 is 0 Å². The number of carbonyl (C=O) groups is 4. The van der Waals surface area contributed by atoms with Crippen LogP contribution in [-0.2, 0) is 14.3 Å². The lowest BCUT2D eigenvalue weighted by Gasteiger charge is -2.16. The number of carboxylic acid groups (broad SMARTS) is 1. The van der Waals surface area contributed by atoms with E-state index in [-0.39, 0.29) is 23.5 Å². The van der Waals surface area contributed by atoms with Crippen LogP contribution in [0.15, 0.2) is 73.5 Å². The summed E-state index contributed by atoms with van der Waals surface area (Å²) in [7, 11) is 0. The van der Waals surface area contributed by atoms with E-state index in [9.17, 15) is 19.2 Å². The Balaban J connectivity index is 0.000000295. The molecule has 1 aliphatic rings. The van der Waals surface area contributed by atoms with E-state index in [1.54, 1.807) is 48.5 Å². The number of hydrogen-bond acceptors (Lipinski definition) is 5. The molecule has 0 heterocycles. The fourth-order valence-corrected chi connectivity index (χ4v) is 2.59. The van der Waals surface area contributed by atoms with Gasteiger partial charge in [0, 0.05) is 34.8 Å². The molecular weight excluding hydrogens is 376 g/mol. The van der Waals surface area contributed by atoms with Gasteiger partial charge >= 0.3 is 11.9 Å². The van der Waals surface area contributed by atoms with Gasteiger partial charge in [0.15, 0.2) is 11.6 Å². The lowest BCUT2D eigenvalue weighted by atomic mass is 9.84. The van der Waals surface area contributed by atoms with Gasteiger partial charge in [0.1, 0.15) is 0 Å². The smallest absolute Gasteiger partial charge is 0.327 e. The van der Waals surface area contributed by atoms with Crippen molar-refractivity contribution >= 4 is 23.5 Å². The predicted octanol–water partition coefficient (Wildman–Crippen LogP) is 2.73. The molecule has 29 heavy (non-hydrogen) atoms. The molecule has 0 aliphatic heterocycles. The van der Waals surface area contributed by atoms with E-state index in [0.29, 0.717) is 28.7 Å². The number of rotatable bonds is 5. The molecule has 0 radical (unpaired) electrons. The molecule has 7 heteroatoms. The third-order valence-electron chi connectivity index (χ3n) is 3.82. The van der Waals surface area contributed by atoms with Crippen LogP contribution in [0, 0.1) is 0 Å². The Bertz CT molecular complexity index is 852. The number of benzene rings is 2. The lowest BCUT2D eigenvalue weighted by Crippen LogP contribution is -2.20. The molecule has 3 rings (SSSR count). The minimum absolute atomic E-state index is 0. The van der Waals surface area contributed by atoms with Crippen molar-refractivity contribution in [2.45, 2.75) is 12.8 Å². The van der Waals surface area contributed by atoms with Gasteiger partial charge in [-0.1, -0.05) is 61.2 Å². The minimum Gasteiger partial charge on any atom is -0.478 e. The van der Waals surface area contributed by atoms with Gasteiger partial charge in [-0.2, -0.15) is 0 Å². The van der Waals surface area contributed by atoms with Crippen LogP contribution >= 0.6 is 0 Å². The summed E-state index contributed by atoms with van der Waals surface area (Å²) < 4.78 is 4.39. The molecule has 2 aromatic rings. The first-order valence-electron chi connectivity index (χ1n) is 8.43. The van der Waals surface area contributed by atoms with Crippen molar-refractivity contribution in [3.05, 3.63) is 95.8 Å². The average molecular weight is 396 g/mol. The van der Waals surface area contributed by atoms with Crippen molar-refractivity contribution in [1.29, 1.82) is 0 Å². The summed E-state index contributed by atoms with van der Waals surface area (Å²) in [5.41, 5.74) is 2.02. The van der Waals surface area contributed by atoms with E-state index in [0.717, 1.165) is 12.3 Å². The van der Waals surface area contributed by atoms with Crippen LogP contribution in [0.25, 0.3) is 0 Å². The molecule has 150 valence electrons. The first kappa shape index (κ1) is 23.2. The molecule has 0 fully saturated rings. The molecule has 3 N–H and O–H groups in total. The van der Waals surface area contributed by atoms with E-state index in [1.807, 2.05) is 0 Å². The summed E-state index contributed by atoms with van der Waals surface area (Å²) in [6, 6.07) is 13.9. The summed E-state index contributed by atoms with van der Waals surface area (Å²) in [4.78, 5) is 44.8. The van der Waals surface area contributed by atoms with Crippen molar-refractivity contribution < 1.29 is 34.5 Å². The summed E-state index contributed by atoms with van der Waals surface area (Å²) in [5, 5.41) is 8.16. The first-order valence-corrected chi connectivity index (χ1v) is 8.43. The highest BCUT2D eigenvalue weighted by Gasteiger charge is 2.28. The van der Waals surface area contributed by atoms with Crippen molar-refractivity contribution in [3.63, 3.8) is 0 Å². The number of hydrogen-bond donors (Lipinski definition) is 1. The molecule has 0 spiro atoms. The zero-order valence-corrected chi connectivity index (χ0v) is 15.5. The fourth-order valence-electron chi connectivity index (χ4n) is 2.59. The highest BCUT2D eigenvalue weighted by Crippen LogP contribution is 2.26. The Morgan fingerprint density at radius 2 is 1.31 bits per heavy atom. The number of carbonyl (C=O) groups excluding carboxylic acids is 3. The Kier molecular flexibility index (Phi) is 8.88. The summed E-state index contributed by atoms with van der Waals surface area (Å²) in [6.45, 7) is 3.20. The highest BCUT2D eigenvalue weighted by molar-refractivity contribution is 6.28. The summed E-state index contributed by atoms with van der Waals surface area (Å²) >= 11 is 0. The zero-order valence-electron chi connectivity index (χ0n) is 15.5. The summed E-state index contributed by atoms with van der Waals surface area (Å²) in [6.07, 6.45) is 3.95. The second-order valence-electron chi connectivity index (χ2n) is 5.69. The van der Waals surface area contributed by atoms with Gasteiger partial charge in [-0.25, -0.2) is 4.79 Å². The van der Waals surface area contributed by atoms with Crippen LogP contribution in [0.2, 0.25) is 0 Å². The third kappa shape index (κ3) is 6.08. The van der Waals surface area contributed by atoms with Crippen molar-refractivity contribution in [3.8, 4) is 0 Å². The third-order valence-corrected chi connectivity index (χ3v) is 3.82. The van der Waals surface area contributed by atoms with Gasteiger partial charge in [0.2, 0.25) is 0 Å². The number of aliphatic carboxylic acids is 1. The molecule has 0 unspecified atom stereocenters. The van der Waals surface area contributed by atoms with Crippen LogP contribution in [0.4, 0.5) is 0 Å². The normalized spacial score (nSPS) is 11.3. The minimum atomic E-state index is -1.02. The molecule has 0 atom stereocenters. The highest BCUT2D eigenvalue weighted by atomic mass is 16.5. The SMILES string of the molecule is C=COC(=O)CC/C=C/C(=O)O.O.O=C1c2ccccc2C(=O)c2ccccc21. The maximum atomic E-state index is 12.1. The zero-order chi connectivity index (χ0) is 20.5. The van der Waals surface area contributed by atoms with Crippen LogP contribution in [0.1, 0.15) is 44.7 Å². The molecule has 0 amide bonds. The van der Waals surface area contributed by atoms with E-state index in [2.05, 4.69) is 11.3 Å². The van der Waals surface area contributed by atoms with Crippen LogP contribution in [0.3, 0.4) is 0 Å². The van der Waals surface area contributed by atoms with Crippen LogP contribution < -0.4 is 0 Å². The number of fused-ring (bicyclic) bond motifs is 2. The topological polar surface area (TPSA) is 129 Å². The molecular formula is C22H20O7. The molecule has 0 saturated heterocycles. The average Bonchev–Trinajstić information content (AvgIpc) is 2.70. The molecule has 0 aromatic heterocycles. The number of carboxylic acids is 1. The van der Waals surface area contributed by atoms with Crippen LogP contribution in [0.5, 0.6) is 0 Å². The predicted molar refractivity (Wildman–Crippen MR) is 106 cm³/mol. The molecule has 0 saturated carbocycles. The molecule has 2 aromatic carbocycles. The standard InChI is InChI=1S/C14H8O2.C8H10O4.H2O/c15-13-9-5-1-2-6-10(9)14(16)12-8-4-3-7-11(12)13;1-2-12-8(11)6-4-3-5-7(9)10;/h1-8H;2-3,5H,1,4,6H2,(H,9,10);1H2/b;5-3+;. The largest absolute Gasteiger partial charge is 0.478 e. The number of allylic oxidation sites excluding steroid dienone is 1. The van der Waals surface area contributed by atoms with Gasteiger partial charge < -0.3 is 15.3 Å². The Morgan fingerprint density at radius 3 is 1.66 bits per heavy atom. The van der Waals surface area contributed by atoms with E-state index < -0.39 is 11.9 Å². The number of ether oxygens (including phenoxy) is 1. The van der Waals surface area contributed by atoms with E-state index in [1.165, 1.54) is 6.08 Å². The van der Waals surface area contributed by atoms with E-state index in [4.69, 9.17) is 5.11 Å². The molecule has 0 bridgehead atoms. The van der Waals surface area contributed by atoms with Crippen molar-refractivity contribution in [1.82, 2.24) is 0 Å². The molecule has 1 aliphatic carbocycles. The Morgan fingerprint density at radius 1 is 0.897 bits per heavy atom. The number of ketones is 2. The fraction of sp³-hybridized carbons (Fsp3) is 0.0909. The number of esters is 1. The maximum absolute atomic E-state index is 12.1. The quantitative estimate of drug-likeness (QED) is 0.401. The van der Waals surface area contributed by atoms with Gasteiger partial charge in [0.05, 0.1) is 6.26 Å². The second-order valence-corrected chi connectivity index (χ2v) is 5.69. The van der Waals surface area contributed by atoms with Gasteiger partial charge in [0.25, 0.3) is 0 Å². The first-order chi connectivity index (χ1) is 13.5. The van der Waals surface area contributed by atoms with Crippen molar-refractivity contribution in [2.24, 2.45) is 0 Å². The van der Waals surface area contributed by atoms with Crippen molar-refractivity contribution in [2.75, 3.05) is 0 Å². The molecule has 7 nitrogen and oxygen atoms in total. The Labute approximate surface area is 167 Å². The monoisotopic (exact) mass is 396 g/mol. The Hall–Kier alpha value is -3.84. The van der Waals surface area contributed by atoms with Crippen LogP contribution in [-0.4, -0.2) is 34.1 Å². The summed E-state index contributed by atoms with van der Waals surface area (Å²) in [5.74, 6) is -1.57. The maximum Gasteiger partial charge on any atom is 0.327 e. The van der Waals surface area contributed by atoms with Gasteiger partial charge in [-0.15, -0.1) is 0 Å². The van der Waals surface area contributed by atoms with Gasteiger partial charge in [-0.3, -0.25) is 14.4 Å².